The SMILES string of the molecule is C=C/C=C/CCCCc1ccc(N(C2=CC=CC(C)(C(C)(CC)CC)C=C2)c2ccccc2)cc1. The van der Waals surface area contributed by atoms with Gasteiger partial charge in [0.25, 0.3) is 0 Å². The molecule has 0 aliphatic heterocycles. The topological polar surface area (TPSA) is 3.24 Å². The highest BCUT2D eigenvalue weighted by Gasteiger charge is 2.38. The molecule has 1 nitrogen and oxygen atoms in total. The van der Waals surface area contributed by atoms with Crippen LogP contribution in [0.4, 0.5) is 11.4 Å². The second-order valence-electron chi connectivity index (χ2n) is 10.1. The van der Waals surface area contributed by atoms with Gasteiger partial charge in [-0.05, 0) is 85.9 Å². The van der Waals surface area contributed by atoms with E-state index in [1.165, 1.54) is 35.5 Å². The summed E-state index contributed by atoms with van der Waals surface area (Å²) in [7, 11) is 0. The maximum Gasteiger partial charge on any atom is 0.0461 e. The van der Waals surface area contributed by atoms with Crippen molar-refractivity contribution in [1.82, 2.24) is 0 Å². The van der Waals surface area contributed by atoms with Gasteiger partial charge in [-0.25, -0.2) is 0 Å². The molecule has 0 heterocycles. The molecular formula is C34H43N. The van der Waals surface area contributed by atoms with Gasteiger partial charge >= 0.3 is 0 Å². The fraction of sp³-hybridized carbons (Fsp3) is 0.353. The van der Waals surface area contributed by atoms with Crippen molar-refractivity contribution in [3.05, 3.63) is 121 Å². The molecule has 0 aromatic heterocycles. The van der Waals surface area contributed by atoms with Crippen LogP contribution in [-0.4, -0.2) is 0 Å². The van der Waals surface area contributed by atoms with E-state index in [2.05, 4.69) is 130 Å². The van der Waals surface area contributed by atoms with E-state index in [0.29, 0.717) is 0 Å². The lowest BCUT2D eigenvalue weighted by molar-refractivity contribution is 0.155. The van der Waals surface area contributed by atoms with Crippen molar-refractivity contribution >= 4 is 11.4 Å². The molecule has 1 unspecified atom stereocenters. The molecule has 0 saturated carbocycles. The minimum Gasteiger partial charge on any atom is -0.311 e. The third-order valence-electron chi connectivity index (χ3n) is 8.00. The second-order valence-corrected chi connectivity index (χ2v) is 10.1. The van der Waals surface area contributed by atoms with Gasteiger partial charge in [0.05, 0.1) is 0 Å². The number of anilines is 2. The third kappa shape index (κ3) is 6.54. The molecule has 3 rings (SSSR count). The highest BCUT2D eigenvalue weighted by molar-refractivity contribution is 5.70. The summed E-state index contributed by atoms with van der Waals surface area (Å²) in [5.74, 6) is 0. The standard InChI is InChI=1S/C34H43N/c1-6-9-10-11-12-14-18-29-22-24-32(25-23-29)35(30-19-15-13-16-20-30)31-21-17-27-34(5,28-26-31)33(4,7-2)8-3/h6,9-10,13,15-17,19-28H,1,7-8,11-12,14,18H2,2-5H3/b10-9+. The van der Waals surface area contributed by atoms with Gasteiger partial charge in [0, 0.05) is 22.5 Å². The van der Waals surface area contributed by atoms with Crippen molar-refractivity contribution in [3.8, 4) is 0 Å². The van der Waals surface area contributed by atoms with Gasteiger partial charge in [-0.15, -0.1) is 0 Å². The molecular weight excluding hydrogens is 422 g/mol. The minimum absolute atomic E-state index is 0.0157. The Bertz CT molecular complexity index is 1050. The quantitative estimate of drug-likeness (QED) is 0.222. The van der Waals surface area contributed by atoms with Gasteiger partial charge in [0.1, 0.15) is 0 Å². The Labute approximate surface area is 214 Å². The molecule has 2 aromatic carbocycles. The first-order valence-electron chi connectivity index (χ1n) is 13.3. The summed E-state index contributed by atoms with van der Waals surface area (Å²) in [5, 5.41) is 0. The van der Waals surface area contributed by atoms with Crippen molar-refractivity contribution in [2.45, 2.75) is 66.2 Å². The van der Waals surface area contributed by atoms with E-state index in [4.69, 9.17) is 0 Å². The van der Waals surface area contributed by atoms with Crippen LogP contribution in [-0.2, 0) is 6.42 Å². The van der Waals surface area contributed by atoms with E-state index in [-0.39, 0.29) is 10.8 Å². The third-order valence-corrected chi connectivity index (χ3v) is 8.00. The smallest absolute Gasteiger partial charge is 0.0461 e. The maximum atomic E-state index is 3.73. The number of unbranched alkanes of at least 4 members (excludes halogenated alkanes) is 2. The first-order valence-corrected chi connectivity index (χ1v) is 13.3. The van der Waals surface area contributed by atoms with E-state index < -0.39 is 0 Å². The molecule has 0 amide bonds. The number of hydrogen-bond donors (Lipinski definition) is 0. The van der Waals surface area contributed by atoms with Crippen LogP contribution in [0.25, 0.3) is 0 Å². The van der Waals surface area contributed by atoms with Gasteiger partial charge in [-0.3, -0.25) is 0 Å². The monoisotopic (exact) mass is 465 g/mol. The number of allylic oxidation sites excluding steroid dienone is 8. The average molecular weight is 466 g/mol. The largest absolute Gasteiger partial charge is 0.311 e. The summed E-state index contributed by atoms with van der Waals surface area (Å²) in [6, 6.07) is 19.8. The number of aryl methyl sites for hydroxylation is 1. The number of benzene rings is 2. The van der Waals surface area contributed by atoms with Crippen LogP contribution in [0.3, 0.4) is 0 Å². The number of rotatable bonds is 12. The Morgan fingerprint density at radius 3 is 2.26 bits per heavy atom. The van der Waals surface area contributed by atoms with Gasteiger partial charge in [-0.1, -0.05) is 101 Å². The normalized spacial score (nSPS) is 17.9. The van der Waals surface area contributed by atoms with Gasteiger partial charge in [-0.2, -0.15) is 0 Å². The molecule has 184 valence electrons. The summed E-state index contributed by atoms with van der Waals surface area (Å²) in [5.41, 5.74) is 5.19. The van der Waals surface area contributed by atoms with Crippen LogP contribution in [0.5, 0.6) is 0 Å². The zero-order chi connectivity index (χ0) is 25.2. The summed E-state index contributed by atoms with van der Waals surface area (Å²) in [6.45, 7) is 13.1. The zero-order valence-electron chi connectivity index (χ0n) is 22.2. The number of nitrogens with zero attached hydrogens (tertiary/aromatic N) is 1. The predicted molar refractivity (Wildman–Crippen MR) is 155 cm³/mol. The Morgan fingerprint density at radius 1 is 0.914 bits per heavy atom. The van der Waals surface area contributed by atoms with Crippen LogP contribution in [0.1, 0.15) is 65.4 Å². The highest BCUT2D eigenvalue weighted by Crippen LogP contribution is 2.48. The molecule has 0 spiro atoms. The second kappa shape index (κ2) is 12.6. The van der Waals surface area contributed by atoms with Crippen LogP contribution < -0.4 is 4.90 Å². The van der Waals surface area contributed by atoms with Crippen molar-refractivity contribution in [1.29, 1.82) is 0 Å². The molecule has 0 N–H and O–H groups in total. The first kappa shape index (κ1) is 26.5. The van der Waals surface area contributed by atoms with E-state index in [9.17, 15) is 0 Å². The number of para-hydroxylation sites is 1. The highest BCUT2D eigenvalue weighted by atomic mass is 15.1. The Kier molecular flexibility index (Phi) is 9.55. The lowest BCUT2D eigenvalue weighted by atomic mass is 9.62. The van der Waals surface area contributed by atoms with Crippen molar-refractivity contribution in [3.63, 3.8) is 0 Å². The van der Waals surface area contributed by atoms with E-state index >= 15 is 0 Å². The molecule has 1 aliphatic carbocycles. The molecule has 1 heteroatoms. The van der Waals surface area contributed by atoms with Crippen molar-refractivity contribution < 1.29 is 0 Å². The number of hydrogen-bond acceptors (Lipinski definition) is 1. The van der Waals surface area contributed by atoms with Crippen LogP contribution in [0, 0.1) is 10.8 Å². The lowest BCUT2D eigenvalue weighted by Gasteiger charge is -2.42. The molecule has 35 heavy (non-hydrogen) atoms. The van der Waals surface area contributed by atoms with Crippen LogP contribution in [0.15, 0.2) is 115 Å². The summed E-state index contributed by atoms with van der Waals surface area (Å²) < 4.78 is 0. The van der Waals surface area contributed by atoms with Crippen LogP contribution in [0.2, 0.25) is 0 Å². The van der Waals surface area contributed by atoms with E-state index in [1.54, 1.807) is 0 Å². The van der Waals surface area contributed by atoms with Gasteiger partial charge < -0.3 is 4.90 Å². The molecule has 1 aliphatic rings. The Balaban J connectivity index is 1.84. The summed E-state index contributed by atoms with van der Waals surface area (Å²) in [4.78, 5) is 2.37. The summed E-state index contributed by atoms with van der Waals surface area (Å²) >= 11 is 0. The van der Waals surface area contributed by atoms with Crippen LogP contribution >= 0.6 is 0 Å². The predicted octanol–water partition coefficient (Wildman–Crippen LogP) is 10.1. The zero-order valence-corrected chi connectivity index (χ0v) is 22.2. The molecule has 2 aromatic rings. The molecule has 0 saturated heterocycles. The van der Waals surface area contributed by atoms with Gasteiger partial charge in [0.15, 0.2) is 0 Å². The van der Waals surface area contributed by atoms with Gasteiger partial charge in [0.2, 0.25) is 0 Å². The Hall–Kier alpha value is -3.06. The minimum atomic E-state index is 0.0157. The molecule has 0 fully saturated rings. The van der Waals surface area contributed by atoms with E-state index in [1.807, 2.05) is 12.2 Å². The summed E-state index contributed by atoms with van der Waals surface area (Å²) in [6.07, 6.45) is 24.7. The fourth-order valence-electron chi connectivity index (χ4n) is 4.90. The van der Waals surface area contributed by atoms with Crippen molar-refractivity contribution in [2.24, 2.45) is 10.8 Å². The molecule has 0 bridgehead atoms. The van der Waals surface area contributed by atoms with E-state index in [0.717, 1.165) is 25.7 Å². The maximum absolute atomic E-state index is 3.73. The van der Waals surface area contributed by atoms with Crippen molar-refractivity contribution in [2.75, 3.05) is 4.90 Å². The molecule has 0 radical (unpaired) electrons. The average Bonchev–Trinajstić information content (AvgIpc) is 3.10. The molecule has 1 atom stereocenters. The fourth-order valence-corrected chi connectivity index (χ4v) is 4.90. The Morgan fingerprint density at radius 2 is 1.60 bits per heavy atom. The first-order chi connectivity index (χ1) is 17.0. The lowest BCUT2D eigenvalue weighted by Crippen LogP contribution is -2.33.